The molecule has 20 heavy (non-hydrogen) atoms. The molecule has 2 aromatic rings. The van der Waals surface area contributed by atoms with Crippen molar-refractivity contribution in [3.05, 3.63) is 44.0 Å². The number of hydrogen-bond acceptors (Lipinski definition) is 6. The predicted molar refractivity (Wildman–Crippen MR) is 79.6 cm³/mol. The van der Waals surface area contributed by atoms with Gasteiger partial charge in [-0.1, -0.05) is 17.7 Å². The minimum atomic E-state index is -0.550. The van der Waals surface area contributed by atoms with Gasteiger partial charge < -0.3 is 4.90 Å². The number of thiophene rings is 1. The molecule has 0 aliphatic heterocycles. The zero-order valence-electron chi connectivity index (χ0n) is 11.0. The fourth-order valence-electron chi connectivity index (χ4n) is 1.83. The zero-order chi connectivity index (χ0) is 14.7. The van der Waals surface area contributed by atoms with Gasteiger partial charge in [0.15, 0.2) is 0 Å². The van der Waals surface area contributed by atoms with E-state index in [0.717, 1.165) is 6.42 Å². The molecule has 0 spiro atoms. The highest BCUT2D eigenvalue weighted by molar-refractivity contribution is 7.09. The first-order valence-electron chi connectivity index (χ1n) is 5.90. The summed E-state index contributed by atoms with van der Waals surface area (Å²) in [6.07, 6.45) is 2.02. The van der Waals surface area contributed by atoms with Crippen LogP contribution in [0.4, 0.5) is 11.5 Å². The maximum Gasteiger partial charge on any atom is 0.348 e. The average Bonchev–Trinajstić information content (AvgIpc) is 2.89. The fourth-order valence-corrected chi connectivity index (χ4v) is 2.85. The van der Waals surface area contributed by atoms with E-state index in [-0.39, 0.29) is 22.7 Å². The fraction of sp³-hybridized carbons (Fsp3) is 0.333. The van der Waals surface area contributed by atoms with Crippen molar-refractivity contribution in [2.24, 2.45) is 0 Å². The van der Waals surface area contributed by atoms with E-state index in [2.05, 4.69) is 9.97 Å². The number of halogens is 1. The molecule has 0 saturated carbocycles. The Morgan fingerprint density at radius 1 is 1.55 bits per heavy atom. The van der Waals surface area contributed by atoms with Crippen LogP contribution in [0.15, 0.2) is 23.8 Å². The van der Waals surface area contributed by atoms with Crippen molar-refractivity contribution in [1.82, 2.24) is 9.97 Å². The molecule has 1 atom stereocenters. The summed E-state index contributed by atoms with van der Waals surface area (Å²) in [5.41, 5.74) is -0.255. The molecule has 0 radical (unpaired) electrons. The lowest BCUT2D eigenvalue weighted by atomic mass is 10.2. The molecule has 1 unspecified atom stereocenters. The van der Waals surface area contributed by atoms with Gasteiger partial charge in [0.1, 0.15) is 6.33 Å². The van der Waals surface area contributed by atoms with Crippen LogP contribution in [-0.4, -0.2) is 28.0 Å². The summed E-state index contributed by atoms with van der Waals surface area (Å²) in [6.45, 7) is 1.99. The Bertz CT molecular complexity index is 606. The summed E-state index contributed by atoms with van der Waals surface area (Å²) < 4.78 is 0. The van der Waals surface area contributed by atoms with Gasteiger partial charge in [0.05, 0.1) is 4.92 Å². The van der Waals surface area contributed by atoms with E-state index in [9.17, 15) is 10.1 Å². The number of aromatic nitrogens is 2. The molecule has 8 heteroatoms. The minimum Gasteiger partial charge on any atom is -0.351 e. The summed E-state index contributed by atoms with van der Waals surface area (Å²) in [6, 6.07) is 4.07. The van der Waals surface area contributed by atoms with E-state index in [1.165, 1.54) is 11.2 Å². The molecular weight excluding hydrogens is 300 g/mol. The summed E-state index contributed by atoms with van der Waals surface area (Å²) in [4.78, 5) is 21.2. The van der Waals surface area contributed by atoms with Gasteiger partial charge in [-0.2, -0.15) is 0 Å². The van der Waals surface area contributed by atoms with Gasteiger partial charge in [0, 0.05) is 24.4 Å². The Morgan fingerprint density at radius 3 is 2.90 bits per heavy atom. The molecule has 0 bridgehead atoms. The van der Waals surface area contributed by atoms with Gasteiger partial charge in [-0.05, 0) is 18.4 Å². The first kappa shape index (κ1) is 14.7. The highest BCUT2D eigenvalue weighted by atomic mass is 35.5. The van der Waals surface area contributed by atoms with E-state index < -0.39 is 4.92 Å². The lowest BCUT2D eigenvalue weighted by Gasteiger charge is -2.25. The van der Waals surface area contributed by atoms with Crippen molar-refractivity contribution in [3.63, 3.8) is 0 Å². The molecule has 2 heterocycles. The van der Waals surface area contributed by atoms with Crippen LogP contribution in [-0.2, 0) is 6.42 Å². The molecule has 2 rings (SSSR count). The topological polar surface area (TPSA) is 72.2 Å². The summed E-state index contributed by atoms with van der Waals surface area (Å²) in [5, 5.41) is 13.0. The monoisotopic (exact) mass is 312 g/mol. The molecule has 6 nitrogen and oxygen atoms in total. The standard InChI is InChI=1S/C12H13ClN4O2S/c1-8(6-9-4-3-5-20-9)16(2)12-10(17(18)19)11(13)14-7-15-12/h3-5,7-8H,6H2,1-2H3. The third-order valence-corrected chi connectivity index (χ3v) is 4.19. The van der Waals surface area contributed by atoms with Crippen molar-refractivity contribution in [3.8, 4) is 0 Å². The molecule has 0 aliphatic rings. The van der Waals surface area contributed by atoms with E-state index in [1.807, 2.05) is 24.4 Å². The molecule has 0 saturated heterocycles. The third-order valence-electron chi connectivity index (χ3n) is 3.01. The third kappa shape index (κ3) is 3.05. The maximum atomic E-state index is 11.1. The van der Waals surface area contributed by atoms with Gasteiger partial charge in [-0.3, -0.25) is 10.1 Å². The van der Waals surface area contributed by atoms with Gasteiger partial charge >= 0.3 is 5.69 Å². The molecule has 0 aromatic carbocycles. The van der Waals surface area contributed by atoms with Gasteiger partial charge in [-0.25, -0.2) is 9.97 Å². The Labute approximate surface area is 125 Å². The lowest BCUT2D eigenvalue weighted by Crippen LogP contribution is -2.31. The van der Waals surface area contributed by atoms with E-state index in [1.54, 1.807) is 23.3 Å². The van der Waals surface area contributed by atoms with Crippen LogP contribution in [0.3, 0.4) is 0 Å². The van der Waals surface area contributed by atoms with Crippen molar-refractivity contribution in [1.29, 1.82) is 0 Å². The Kier molecular flexibility index (Phi) is 4.51. The first-order chi connectivity index (χ1) is 9.50. The molecule has 0 N–H and O–H groups in total. The second-order valence-corrected chi connectivity index (χ2v) is 5.73. The molecule has 0 fully saturated rings. The Morgan fingerprint density at radius 2 is 2.30 bits per heavy atom. The minimum absolute atomic E-state index is 0.0540. The molecule has 106 valence electrons. The van der Waals surface area contributed by atoms with Crippen molar-refractivity contribution >= 4 is 34.4 Å². The number of nitro groups is 1. The molecular formula is C12H13ClN4O2S. The number of hydrogen-bond donors (Lipinski definition) is 0. The lowest BCUT2D eigenvalue weighted by molar-refractivity contribution is -0.384. The highest BCUT2D eigenvalue weighted by Crippen LogP contribution is 2.32. The average molecular weight is 313 g/mol. The smallest absolute Gasteiger partial charge is 0.348 e. The zero-order valence-corrected chi connectivity index (χ0v) is 12.6. The van der Waals surface area contributed by atoms with E-state index >= 15 is 0 Å². The number of rotatable bonds is 5. The Balaban J connectivity index is 2.26. The van der Waals surface area contributed by atoms with Crippen LogP contribution >= 0.6 is 22.9 Å². The number of anilines is 1. The SMILES string of the molecule is CC(Cc1cccs1)N(C)c1ncnc(Cl)c1[N+](=O)[O-]. The number of likely N-dealkylation sites (N-methyl/N-ethyl adjacent to an activating group) is 1. The largest absolute Gasteiger partial charge is 0.351 e. The normalized spacial score (nSPS) is 12.2. The Hall–Kier alpha value is -1.73. The summed E-state index contributed by atoms with van der Waals surface area (Å²) in [7, 11) is 1.77. The highest BCUT2D eigenvalue weighted by Gasteiger charge is 2.26. The van der Waals surface area contributed by atoms with Crippen molar-refractivity contribution < 1.29 is 4.92 Å². The van der Waals surface area contributed by atoms with Crippen molar-refractivity contribution in [2.75, 3.05) is 11.9 Å². The summed E-state index contributed by atoms with van der Waals surface area (Å²) in [5.74, 6) is 0.235. The van der Waals surface area contributed by atoms with Gasteiger partial charge in [-0.15, -0.1) is 11.3 Å². The van der Waals surface area contributed by atoms with Gasteiger partial charge in [0.25, 0.3) is 0 Å². The summed E-state index contributed by atoms with van der Waals surface area (Å²) >= 11 is 7.46. The second kappa shape index (κ2) is 6.15. The van der Waals surface area contributed by atoms with Gasteiger partial charge in [0.2, 0.25) is 11.0 Å². The maximum absolute atomic E-state index is 11.1. The molecule has 2 aromatic heterocycles. The predicted octanol–water partition coefficient (Wildman–Crippen LogP) is 3.17. The first-order valence-corrected chi connectivity index (χ1v) is 7.16. The van der Waals surface area contributed by atoms with Crippen LogP contribution in [0.1, 0.15) is 11.8 Å². The van der Waals surface area contributed by atoms with E-state index in [0.29, 0.717) is 0 Å². The number of nitrogens with zero attached hydrogens (tertiary/aromatic N) is 4. The van der Waals surface area contributed by atoms with Crippen LogP contribution in [0, 0.1) is 10.1 Å². The van der Waals surface area contributed by atoms with Crippen LogP contribution in [0.5, 0.6) is 0 Å². The second-order valence-electron chi connectivity index (χ2n) is 4.34. The van der Waals surface area contributed by atoms with Crippen LogP contribution in [0.25, 0.3) is 0 Å². The van der Waals surface area contributed by atoms with Crippen molar-refractivity contribution in [2.45, 2.75) is 19.4 Å². The van der Waals surface area contributed by atoms with Crippen LogP contribution < -0.4 is 4.90 Å². The molecule has 0 aliphatic carbocycles. The quantitative estimate of drug-likeness (QED) is 0.482. The van der Waals surface area contributed by atoms with E-state index in [4.69, 9.17) is 11.6 Å². The molecule has 0 amide bonds. The van der Waals surface area contributed by atoms with Crippen LogP contribution in [0.2, 0.25) is 5.15 Å².